The summed E-state index contributed by atoms with van der Waals surface area (Å²) in [5, 5.41) is 18.8. The van der Waals surface area contributed by atoms with Gasteiger partial charge in [0.05, 0.1) is 25.4 Å². The molecule has 0 radical (unpaired) electrons. The van der Waals surface area contributed by atoms with Crippen LogP contribution in [0, 0.1) is 0 Å². The third-order valence-corrected chi connectivity index (χ3v) is 2.03. The van der Waals surface area contributed by atoms with Gasteiger partial charge in [0.2, 0.25) is 0 Å². The van der Waals surface area contributed by atoms with E-state index in [-0.39, 0.29) is 72.3 Å². The maximum atomic E-state index is 9.40. The van der Waals surface area contributed by atoms with Gasteiger partial charge in [-0.15, -0.1) is 13.2 Å². The molecule has 0 aromatic carbocycles. The van der Waals surface area contributed by atoms with E-state index in [1.54, 1.807) is 12.2 Å². The van der Waals surface area contributed by atoms with Gasteiger partial charge < -0.3 is 24.1 Å². The van der Waals surface area contributed by atoms with Crippen LogP contribution in [0.3, 0.4) is 0 Å². The van der Waals surface area contributed by atoms with E-state index in [4.69, 9.17) is 22.3 Å². The van der Waals surface area contributed by atoms with Gasteiger partial charge in [0.1, 0.15) is 0 Å². The quantitative estimate of drug-likeness (QED) is 0.173. The predicted octanol–water partition coefficient (Wildman–Crippen LogP) is -5.67. The number of hydrogen-bond acceptors (Lipinski definition) is 7. The van der Waals surface area contributed by atoms with E-state index < -0.39 is 22.6 Å². The molecule has 0 bridgehead atoms. The average molecular weight is 356 g/mol. The minimum Gasteiger partial charge on any atom is -0.759 e. The third kappa shape index (κ3) is 37.5. The SMILES string of the molecule is C=CCCC(O)COCC(O)CCC=C.O=S(=O)([O-])[O-].[Na+].[Na+]. The second kappa shape index (κ2) is 20.3. The molecule has 2 atom stereocenters. The van der Waals surface area contributed by atoms with Gasteiger partial charge in [-0.1, -0.05) is 12.2 Å². The van der Waals surface area contributed by atoms with Crippen molar-refractivity contribution in [3.8, 4) is 0 Å². The fraction of sp³-hybridized carbons (Fsp3) is 0.667. The molecule has 0 fully saturated rings. The van der Waals surface area contributed by atoms with Crippen LogP contribution in [0.2, 0.25) is 0 Å². The molecule has 2 N–H and O–H groups in total. The minimum absolute atomic E-state index is 0. The monoisotopic (exact) mass is 356 g/mol. The van der Waals surface area contributed by atoms with Crippen molar-refractivity contribution in [2.45, 2.75) is 37.9 Å². The van der Waals surface area contributed by atoms with Crippen molar-refractivity contribution in [2.24, 2.45) is 0 Å². The van der Waals surface area contributed by atoms with Gasteiger partial charge in [-0.2, -0.15) is 0 Å². The van der Waals surface area contributed by atoms with E-state index >= 15 is 0 Å². The molecule has 2 unspecified atom stereocenters. The summed E-state index contributed by atoms with van der Waals surface area (Å²) < 4.78 is 39.3. The molecule has 7 nitrogen and oxygen atoms in total. The van der Waals surface area contributed by atoms with E-state index in [2.05, 4.69) is 13.2 Å². The molecular weight excluding hydrogens is 334 g/mol. The zero-order valence-corrected chi connectivity index (χ0v) is 18.1. The van der Waals surface area contributed by atoms with Gasteiger partial charge in [0.25, 0.3) is 0 Å². The van der Waals surface area contributed by atoms with Crippen molar-refractivity contribution in [1.29, 1.82) is 0 Å². The zero-order valence-electron chi connectivity index (χ0n) is 13.3. The molecule has 0 aliphatic heterocycles. The molecule has 0 rings (SSSR count). The van der Waals surface area contributed by atoms with E-state index in [1.165, 1.54) is 0 Å². The van der Waals surface area contributed by atoms with Crippen LogP contribution in [-0.2, 0) is 15.1 Å². The van der Waals surface area contributed by atoms with Crippen LogP contribution < -0.4 is 59.1 Å². The smallest absolute Gasteiger partial charge is 0.759 e. The van der Waals surface area contributed by atoms with Crippen LogP contribution in [0.4, 0.5) is 0 Å². The molecular formula is C12H22Na2O7S. The summed E-state index contributed by atoms with van der Waals surface area (Å²) in [5.41, 5.74) is 0. The van der Waals surface area contributed by atoms with Gasteiger partial charge in [0.15, 0.2) is 0 Å². The van der Waals surface area contributed by atoms with Crippen molar-refractivity contribution >= 4 is 10.4 Å². The minimum atomic E-state index is -5.17. The van der Waals surface area contributed by atoms with E-state index in [9.17, 15) is 10.2 Å². The summed E-state index contributed by atoms with van der Waals surface area (Å²) in [6.07, 6.45) is 5.49. The molecule has 0 saturated carbocycles. The Balaban J connectivity index is -0.000000201. The first-order valence-electron chi connectivity index (χ1n) is 6.03. The first-order valence-corrected chi connectivity index (χ1v) is 7.36. The molecule has 0 aliphatic carbocycles. The first-order chi connectivity index (χ1) is 9.20. The second-order valence-corrected chi connectivity index (χ2v) is 4.80. The van der Waals surface area contributed by atoms with Crippen LogP contribution in [0.5, 0.6) is 0 Å². The third-order valence-electron chi connectivity index (χ3n) is 2.03. The Hall–Kier alpha value is 1.23. The van der Waals surface area contributed by atoms with E-state index in [1.807, 2.05) is 0 Å². The average Bonchev–Trinajstić information content (AvgIpc) is 2.31. The molecule has 120 valence electrons. The molecule has 0 amide bonds. The van der Waals surface area contributed by atoms with Crippen LogP contribution >= 0.6 is 0 Å². The Kier molecular flexibility index (Phi) is 28.6. The molecule has 0 aromatic heterocycles. The fourth-order valence-electron chi connectivity index (χ4n) is 1.13. The summed E-state index contributed by atoms with van der Waals surface area (Å²) in [6, 6.07) is 0. The van der Waals surface area contributed by atoms with Gasteiger partial charge in [-0.25, -0.2) is 0 Å². The zero-order chi connectivity index (χ0) is 16.0. The number of rotatable bonds is 10. The van der Waals surface area contributed by atoms with E-state index in [0.29, 0.717) is 12.8 Å². The molecule has 0 heterocycles. The van der Waals surface area contributed by atoms with Crippen LogP contribution in [0.25, 0.3) is 0 Å². The number of hydrogen-bond donors (Lipinski definition) is 2. The molecule has 0 saturated heterocycles. The predicted molar refractivity (Wildman–Crippen MR) is 72.2 cm³/mol. The van der Waals surface area contributed by atoms with Crippen LogP contribution in [-0.4, -0.2) is 53.2 Å². The Labute approximate surface area is 177 Å². The topological polar surface area (TPSA) is 130 Å². The number of aliphatic hydroxyl groups is 2. The standard InChI is InChI=1S/C12H22O3.2Na.H2O4S/c1-3-5-7-11(13)9-15-10-12(14)8-6-4-2;;;1-5(2,3)4/h3-4,11-14H,1-2,5-10H2;;;(H2,1,2,3,4)/q;2*+1;/p-2. The number of aliphatic hydroxyl groups excluding tert-OH is 2. The van der Waals surface area contributed by atoms with Crippen molar-refractivity contribution < 1.29 is 91.6 Å². The molecule has 22 heavy (non-hydrogen) atoms. The summed E-state index contributed by atoms with van der Waals surface area (Å²) in [5.74, 6) is 0. The van der Waals surface area contributed by atoms with Crippen molar-refractivity contribution in [3.05, 3.63) is 25.3 Å². The number of allylic oxidation sites excluding steroid dienone is 2. The van der Waals surface area contributed by atoms with Gasteiger partial charge in [-0.05, 0) is 25.7 Å². The molecule has 0 spiro atoms. The summed E-state index contributed by atoms with van der Waals surface area (Å²) in [4.78, 5) is 0. The van der Waals surface area contributed by atoms with Gasteiger partial charge in [0, 0.05) is 10.4 Å². The van der Waals surface area contributed by atoms with Crippen molar-refractivity contribution in [2.75, 3.05) is 13.2 Å². The number of ether oxygens (including phenoxy) is 1. The Morgan fingerprint density at radius 1 is 0.955 bits per heavy atom. The van der Waals surface area contributed by atoms with Crippen molar-refractivity contribution in [3.63, 3.8) is 0 Å². The summed E-state index contributed by atoms with van der Waals surface area (Å²) in [7, 11) is -5.17. The molecule has 0 aliphatic rings. The van der Waals surface area contributed by atoms with Crippen LogP contribution in [0.15, 0.2) is 25.3 Å². The molecule has 0 aromatic rings. The Morgan fingerprint density at radius 2 is 1.23 bits per heavy atom. The largest absolute Gasteiger partial charge is 1.00 e. The maximum Gasteiger partial charge on any atom is 1.00 e. The summed E-state index contributed by atoms with van der Waals surface area (Å²) in [6.45, 7) is 7.70. The first kappa shape index (κ1) is 31.0. The molecule has 10 heteroatoms. The van der Waals surface area contributed by atoms with E-state index in [0.717, 1.165) is 12.8 Å². The van der Waals surface area contributed by atoms with Crippen molar-refractivity contribution in [1.82, 2.24) is 0 Å². The Bertz CT molecular complexity index is 323. The van der Waals surface area contributed by atoms with Gasteiger partial charge in [-0.3, -0.25) is 8.42 Å². The van der Waals surface area contributed by atoms with Gasteiger partial charge >= 0.3 is 59.1 Å². The normalized spacial score (nSPS) is 12.5. The second-order valence-electron chi connectivity index (χ2n) is 3.99. The Morgan fingerprint density at radius 3 is 1.45 bits per heavy atom. The summed E-state index contributed by atoms with van der Waals surface area (Å²) >= 11 is 0. The maximum absolute atomic E-state index is 9.40. The fourth-order valence-corrected chi connectivity index (χ4v) is 1.13. The van der Waals surface area contributed by atoms with Crippen LogP contribution in [0.1, 0.15) is 25.7 Å².